The molecule has 2 aliphatic heterocycles. The number of fused-ring (bicyclic) bond motifs is 4. The van der Waals surface area contributed by atoms with Gasteiger partial charge in [0, 0.05) is 27.0 Å². The number of halogens is 6. The molecule has 3 fully saturated rings. The van der Waals surface area contributed by atoms with Crippen LogP contribution >= 0.6 is 46.1 Å². The fourth-order valence-corrected chi connectivity index (χ4v) is 9.97. The summed E-state index contributed by atoms with van der Waals surface area (Å²) in [6.07, 6.45) is -2.21. The van der Waals surface area contributed by atoms with E-state index in [2.05, 4.69) is 10.4 Å². The SMILES string of the molecule is O=C1C2CC=C3C(CC4C(=O)N(Nc5ncc(C(F)(F)F)cc5Cl)C(=O)C4(c4ccc(Cl)cc4)C3c3ccc(O)cc3Cl)C2C(=O)N1Cc1cccs1. The van der Waals surface area contributed by atoms with Crippen LogP contribution in [-0.2, 0) is 37.3 Å². The Morgan fingerprint density at radius 3 is 2.36 bits per heavy atom. The van der Waals surface area contributed by atoms with Crippen molar-refractivity contribution in [1.82, 2.24) is 14.9 Å². The number of pyridine rings is 1. The van der Waals surface area contributed by atoms with E-state index in [-0.39, 0.29) is 47.8 Å². The number of rotatable bonds is 6. The van der Waals surface area contributed by atoms with Crippen LogP contribution in [0.25, 0.3) is 0 Å². The van der Waals surface area contributed by atoms with E-state index in [0.29, 0.717) is 39.0 Å². The van der Waals surface area contributed by atoms with Gasteiger partial charge in [-0.1, -0.05) is 70.7 Å². The number of imide groups is 2. The second kappa shape index (κ2) is 12.9. The number of benzene rings is 2. The lowest BCUT2D eigenvalue weighted by Crippen LogP contribution is -2.53. The van der Waals surface area contributed by atoms with Crippen LogP contribution in [-0.4, -0.2) is 43.6 Å². The lowest BCUT2D eigenvalue weighted by Gasteiger charge is -2.50. The molecule has 16 heteroatoms. The van der Waals surface area contributed by atoms with Crippen molar-refractivity contribution in [2.24, 2.45) is 23.7 Å². The molecule has 9 nitrogen and oxygen atoms in total. The number of aromatic hydroxyl groups is 1. The van der Waals surface area contributed by atoms with Gasteiger partial charge in [-0.2, -0.15) is 18.2 Å². The zero-order valence-corrected chi connectivity index (χ0v) is 30.2. The third kappa shape index (κ3) is 5.54. The number of phenolic OH excluding ortho intramolecular Hbond substituents is 1. The van der Waals surface area contributed by atoms with Gasteiger partial charge in [0.05, 0.1) is 40.3 Å². The van der Waals surface area contributed by atoms with Crippen LogP contribution < -0.4 is 5.43 Å². The number of alkyl halides is 3. The van der Waals surface area contributed by atoms with Crippen molar-refractivity contribution in [2.75, 3.05) is 5.43 Å². The van der Waals surface area contributed by atoms with Crippen LogP contribution in [0.2, 0.25) is 15.1 Å². The van der Waals surface area contributed by atoms with Gasteiger partial charge in [-0.3, -0.25) is 29.5 Å². The number of anilines is 1. The number of nitrogens with zero attached hydrogens (tertiary/aromatic N) is 3. The fourth-order valence-electron chi connectivity index (χ4n) is 8.66. The molecule has 2 aromatic carbocycles. The highest BCUT2D eigenvalue weighted by Gasteiger charge is 2.70. The van der Waals surface area contributed by atoms with Crippen molar-refractivity contribution in [3.05, 3.63) is 121 Å². The quantitative estimate of drug-likeness (QED) is 0.150. The molecule has 53 heavy (non-hydrogen) atoms. The van der Waals surface area contributed by atoms with Gasteiger partial charge in [0.1, 0.15) is 5.75 Å². The average Bonchev–Trinajstić information content (AvgIpc) is 3.77. The first-order chi connectivity index (χ1) is 25.2. The summed E-state index contributed by atoms with van der Waals surface area (Å²) >= 11 is 20.8. The van der Waals surface area contributed by atoms with Gasteiger partial charge in [-0.15, -0.1) is 11.3 Å². The highest BCUT2D eigenvalue weighted by atomic mass is 35.5. The molecule has 0 bridgehead atoms. The summed E-state index contributed by atoms with van der Waals surface area (Å²) in [4.78, 5) is 64.0. The molecule has 0 radical (unpaired) electrons. The minimum Gasteiger partial charge on any atom is -0.508 e. The fraction of sp³-hybridized carbons (Fsp3) is 0.270. The molecule has 4 heterocycles. The molecule has 2 saturated heterocycles. The number of allylic oxidation sites excluding steroid dienone is 2. The first kappa shape index (κ1) is 35.6. The van der Waals surface area contributed by atoms with E-state index < -0.39 is 63.6 Å². The Morgan fingerprint density at radius 2 is 1.70 bits per heavy atom. The molecule has 0 spiro atoms. The molecule has 4 amide bonds. The molecule has 4 aromatic rings. The predicted molar refractivity (Wildman–Crippen MR) is 190 cm³/mol. The Hall–Kier alpha value is -4.43. The molecule has 6 unspecified atom stereocenters. The first-order valence-electron chi connectivity index (χ1n) is 16.4. The largest absolute Gasteiger partial charge is 0.508 e. The summed E-state index contributed by atoms with van der Waals surface area (Å²) < 4.78 is 40.3. The first-order valence-corrected chi connectivity index (χ1v) is 18.4. The number of thiophene rings is 1. The molecule has 2 N–H and O–H groups in total. The van der Waals surface area contributed by atoms with Gasteiger partial charge in [-0.25, -0.2) is 4.98 Å². The lowest BCUT2D eigenvalue weighted by atomic mass is 9.49. The van der Waals surface area contributed by atoms with Gasteiger partial charge in [0.15, 0.2) is 5.82 Å². The summed E-state index contributed by atoms with van der Waals surface area (Å²) in [5, 5.41) is 12.9. The second-order valence-electron chi connectivity index (χ2n) is 13.5. The minimum absolute atomic E-state index is 0.0371. The smallest absolute Gasteiger partial charge is 0.417 e. The zero-order valence-electron chi connectivity index (χ0n) is 27.1. The summed E-state index contributed by atoms with van der Waals surface area (Å²) in [6.45, 7) is 0.103. The van der Waals surface area contributed by atoms with Crippen LogP contribution in [0.3, 0.4) is 0 Å². The number of carbonyl (C=O) groups is 4. The average molecular weight is 802 g/mol. The number of aromatic nitrogens is 1. The maximum absolute atomic E-state index is 15.2. The number of carbonyl (C=O) groups excluding carboxylic acids is 4. The maximum Gasteiger partial charge on any atom is 0.417 e. The second-order valence-corrected chi connectivity index (χ2v) is 15.7. The van der Waals surface area contributed by atoms with Gasteiger partial charge in [0.25, 0.3) is 11.8 Å². The van der Waals surface area contributed by atoms with Crippen molar-refractivity contribution >= 4 is 75.6 Å². The molecule has 4 aliphatic rings. The molecule has 2 aliphatic carbocycles. The summed E-state index contributed by atoms with van der Waals surface area (Å²) in [6, 6.07) is 14.9. The van der Waals surface area contributed by atoms with Crippen molar-refractivity contribution in [3.8, 4) is 5.75 Å². The van der Waals surface area contributed by atoms with Gasteiger partial charge >= 0.3 is 6.18 Å². The summed E-state index contributed by atoms with van der Waals surface area (Å²) in [5.74, 6) is -7.22. The summed E-state index contributed by atoms with van der Waals surface area (Å²) in [5.41, 5.74) is 1.09. The number of amides is 4. The van der Waals surface area contributed by atoms with Crippen LogP contribution in [0.1, 0.15) is 40.3 Å². The topological polar surface area (TPSA) is 120 Å². The highest BCUT2D eigenvalue weighted by molar-refractivity contribution is 7.09. The molecule has 272 valence electrons. The van der Waals surface area contributed by atoms with Gasteiger partial charge < -0.3 is 5.11 Å². The van der Waals surface area contributed by atoms with Crippen LogP contribution in [0, 0.1) is 23.7 Å². The Morgan fingerprint density at radius 1 is 0.943 bits per heavy atom. The molecule has 8 rings (SSSR count). The maximum atomic E-state index is 15.2. The Bertz CT molecular complexity index is 2230. The molecular weight excluding hydrogens is 776 g/mol. The molecular formula is C37H26Cl3F3N4O5S. The minimum atomic E-state index is -4.75. The van der Waals surface area contributed by atoms with Crippen molar-refractivity contribution in [2.45, 2.75) is 36.9 Å². The van der Waals surface area contributed by atoms with Crippen molar-refractivity contribution < 1.29 is 37.5 Å². The van der Waals surface area contributed by atoms with E-state index in [9.17, 15) is 32.7 Å². The number of hydrogen-bond acceptors (Lipinski definition) is 8. The number of hydrazine groups is 1. The van der Waals surface area contributed by atoms with Gasteiger partial charge in [-0.05, 0) is 71.7 Å². The van der Waals surface area contributed by atoms with Crippen molar-refractivity contribution in [3.63, 3.8) is 0 Å². The normalized spacial score (nSPS) is 26.8. The van der Waals surface area contributed by atoms with E-state index in [1.807, 2.05) is 23.6 Å². The standard InChI is InChI=1S/C37H26Cl3F3N4O5S/c38-19-5-3-17(4-6-19)36-26(33(50)47(35(36)52)45-31-28(40)12-18(15-44-31)37(41,42)43)14-25-22(30(36)23-8-7-20(48)13-27(23)39)9-10-24-29(25)34(51)46(32(24)49)16-21-2-1-11-53-21/h1-9,11-13,15,24-26,29-30,48H,10,14,16H2,(H,44,45). The van der Waals surface area contributed by atoms with Crippen LogP contribution in [0.15, 0.2) is 83.9 Å². The predicted octanol–water partition coefficient (Wildman–Crippen LogP) is 8.01. The third-order valence-electron chi connectivity index (χ3n) is 10.8. The molecule has 2 aromatic heterocycles. The Labute approximate surface area is 318 Å². The zero-order chi connectivity index (χ0) is 37.6. The molecule has 1 saturated carbocycles. The highest BCUT2D eigenvalue weighted by Crippen LogP contribution is 2.65. The van der Waals surface area contributed by atoms with Crippen LogP contribution in [0.4, 0.5) is 19.0 Å². The number of nitrogens with one attached hydrogen (secondary N) is 1. The molecule has 6 atom stereocenters. The number of phenols is 1. The monoisotopic (exact) mass is 800 g/mol. The summed E-state index contributed by atoms with van der Waals surface area (Å²) in [7, 11) is 0. The van der Waals surface area contributed by atoms with Crippen molar-refractivity contribution in [1.29, 1.82) is 0 Å². The van der Waals surface area contributed by atoms with E-state index in [1.165, 1.54) is 28.4 Å². The number of likely N-dealkylation sites (tertiary alicyclic amines) is 1. The van der Waals surface area contributed by atoms with Gasteiger partial charge in [0.2, 0.25) is 11.8 Å². The van der Waals surface area contributed by atoms with Crippen LogP contribution in [0.5, 0.6) is 5.75 Å². The number of hydrogen-bond donors (Lipinski definition) is 2. The third-order valence-corrected chi connectivity index (χ3v) is 12.6. The van der Waals surface area contributed by atoms with E-state index in [0.717, 1.165) is 4.88 Å². The van der Waals surface area contributed by atoms with E-state index in [4.69, 9.17) is 34.8 Å². The lowest BCUT2D eigenvalue weighted by molar-refractivity contribution is -0.142. The Kier molecular flexibility index (Phi) is 8.64. The van der Waals surface area contributed by atoms with E-state index >= 15 is 4.79 Å². The Balaban J connectivity index is 1.30. The van der Waals surface area contributed by atoms with E-state index in [1.54, 1.807) is 30.3 Å².